The summed E-state index contributed by atoms with van der Waals surface area (Å²) in [7, 11) is 0. The molecule has 2 aliphatic rings. The molecule has 10 rings (SSSR count). The first-order chi connectivity index (χ1) is 25.2. The van der Waals surface area contributed by atoms with Crippen LogP contribution in [-0.2, 0) is 12.8 Å². The van der Waals surface area contributed by atoms with Gasteiger partial charge in [-0.05, 0) is 139 Å². The zero-order valence-electron chi connectivity index (χ0n) is 28.3. The Bertz CT molecular complexity index is 2400. The van der Waals surface area contributed by atoms with Crippen LogP contribution in [0.4, 0.5) is 17.1 Å². The van der Waals surface area contributed by atoms with E-state index in [0.29, 0.717) is 0 Å². The third kappa shape index (κ3) is 5.26. The number of benzene rings is 8. The molecule has 240 valence electrons. The molecule has 51 heavy (non-hydrogen) atoms. The van der Waals surface area contributed by atoms with Gasteiger partial charge in [-0.1, -0.05) is 140 Å². The lowest BCUT2D eigenvalue weighted by atomic mass is 9.98. The Morgan fingerprint density at radius 2 is 0.588 bits per heavy atom. The Morgan fingerprint density at radius 1 is 0.255 bits per heavy atom. The summed E-state index contributed by atoms with van der Waals surface area (Å²) in [4.78, 5) is 2.36. The van der Waals surface area contributed by atoms with Crippen molar-refractivity contribution in [2.75, 3.05) is 4.90 Å². The maximum Gasteiger partial charge on any atom is 0.0462 e. The standard InChI is InChI=1S/C50H35N/c1-2-8-34(9-3-1)35-18-24-44(25-19-35)51(45-26-20-36(21-27-45)38-14-16-42-30-40-10-4-6-12-47(40)49(42)32-38)46-28-22-37(23-29-46)39-15-17-43-31-41-11-5-7-13-48(41)50(43)33-39/h1-29,32-33H,30-31H2. The molecule has 1 heteroatoms. The Balaban J connectivity index is 1.00. The highest BCUT2D eigenvalue weighted by Gasteiger charge is 2.20. The van der Waals surface area contributed by atoms with Crippen molar-refractivity contribution in [3.63, 3.8) is 0 Å². The molecular weight excluding hydrogens is 615 g/mol. The number of rotatable bonds is 6. The van der Waals surface area contributed by atoms with Crippen molar-refractivity contribution in [1.29, 1.82) is 0 Å². The van der Waals surface area contributed by atoms with Crippen LogP contribution in [0.2, 0.25) is 0 Å². The summed E-state index contributed by atoms with van der Waals surface area (Å²) in [5.41, 5.74) is 21.9. The zero-order chi connectivity index (χ0) is 33.7. The number of nitrogens with zero attached hydrogens (tertiary/aromatic N) is 1. The van der Waals surface area contributed by atoms with Gasteiger partial charge in [-0.25, -0.2) is 0 Å². The lowest BCUT2D eigenvalue weighted by Gasteiger charge is -2.26. The van der Waals surface area contributed by atoms with Crippen LogP contribution in [0.1, 0.15) is 22.3 Å². The van der Waals surface area contributed by atoms with Crippen LogP contribution in [0.25, 0.3) is 55.6 Å². The fraction of sp³-hybridized carbons (Fsp3) is 0.0400. The van der Waals surface area contributed by atoms with Gasteiger partial charge >= 0.3 is 0 Å². The summed E-state index contributed by atoms with van der Waals surface area (Å²) in [6.07, 6.45) is 2.03. The van der Waals surface area contributed by atoms with E-state index in [9.17, 15) is 0 Å². The smallest absolute Gasteiger partial charge is 0.0462 e. The third-order valence-corrected chi connectivity index (χ3v) is 10.7. The highest BCUT2D eigenvalue weighted by atomic mass is 15.1. The number of fused-ring (bicyclic) bond motifs is 6. The van der Waals surface area contributed by atoms with Gasteiger partial charge in [0.25, 0.3) is 0 Å². The van der Waals surface area contributed by atoms with Gasteiger partial charge in [-0.3, -0.25) is 0 Å². The minimum atomic E-state index is 1.02. The monoisotopic (exact) mass is 649 g/mol. The molecule has 2 aliphatic carbocycles. The molecule has 0 amide bonds. The molecule has 8 aromatic rings. The topological polar surface area (TPSA) is 3.24 Å². The fourth-order valence-corrected chi connectivity index (χ4v) is 8.09. The van der Waals surface area contributed by atoms with Crippen molar-refractivity contribution in [2.45, 2.75) is 12.8 Å². The summed E-state index contributed by atoms with van der Waals surface area (Å²) in [5.74, 6) is 0. The van der Waals surface area contributed by atoms with E-state index in [2.05, 4.69) is 193 Å². The summed E-state index contributed by atoms with van der Waals surface area (Å²) < 4.78 is 0. The van der Waals surface area contributed by atoms with E-state index in [-0.39, 0.29) is 0 Å². The van der Waals surface area contributed by atoms with Gasteiger partial charge < -0.3 is 4.90 Å². The van der Waals surface area contributed by atoms with E-state index in [4.69, 9.17) is 0 Å². The Morgan fingerprint density at radius 3 is 1.04 bits per heavy atom. The maximum atomic E-state index is 2.37. The van der Waals surface area contributed by atoms with Gasteiger partial charge in [-0.2, -0.15) is 0 Å². The second-order valence-electron chi connectivity index (χ2n) is 13.8. The molecule has 0 unspecified atom stereocenters. The second-order valence-corrected chi connectivity index (χ2v) is 13.8. The summed E-state index contributed by atoms with van der Waals surface area (Å²) in [5, 5.41) is 0. The van der Waals surface area contributed by atoms with E-state index in [0.717, 1.165) is 29.9 Å². The molecule has 0 heterocycles. The van der Waals surface area contributed by atoms with Crippen molar-refractivity contribution in [2.24, 2.45) is 0 Å². The summed E-state index contributed by atoms with van der Waals surface area (Å²) >= 11 is 0. The summed E-state index contributed by atoms with van der Waals surface area (Å²) in [6, 6.07) is 69.1. The van der Waals surface area contributed by atoms with Gasteiger partial charge in [0, 0.05) is 17.1 Å². The Kier molecular flexibility index (Phi) is 7.03. The molecule has 0 aliphatic heterocycles. The van der Waals surface area contributed by atoms with Gasteiger partial charge in [0.1, 0.15) is 0 Å². The molecule has 0 fully saturated rings. The first-order valence-electron chi connectivity index (χ1n) is 17.8. The lowest BCUT2D eigenvalue weighted by Crippen LogP contribution is -2.09. The van der Waals surface area contributed by atoms with E-state index in [1.54, 1.807) is 0 Å². The van der Waals surface area contributed by atoms with E-state index in [1.165, 1.54) is 77.9 Å². The second kappa shape index (κ2) is 12.2. The van der Waals surface area contributed by atoms with Crippen molar-refractivity contribution < 1.29 is 0 Å². The predicted molar refractivity (Wildman–Crippen MR) is 214 cm³/mol. The van der Waals surface area contributed by atoms with Crippen LogP contribution >= 0.6 is 0 Å². The van der Waals surface area contributed by atoms with E-state index in [1.807, 2.05) is 0 Å². The normalized spacial score (nSPS) is 12.2. The highest BCUT2D eigenvalue weighted by Crippen LogP contribution is 2.42. The van der Waals surface area contributed by atoms with Gasteiger partial charge in [0.2, 0.25) is 0 Å². The van der Waals surface area contributed by atoms with Gasteiger partial charge in [0.15, 0.2) is 0 Å². The molecule has 0 N–H and O–H groups in total. The minimum Gasteiger partial charge on any atom is -0.311 e. The Labute approximate surface area is 299 Å². The van der Waals surface area contributed by atoms with Crippen LogP contribution in [0.15, 0.2) is 188 Å². The van der Waals surface area contributed by atoms with Crippen molar-refractivity contribution in [3.8, 4) is 55.6 Å². The molecule has 1 nitrogen and oxygen atoms in total. The van der Waals surface area contributed by atoms with Gasteiger partial charge in [0.05, 0.1) is 0 Å². The van der Waals surface area contributed by atoms with Crippen LogP contribution in [-0.4, -0.2) is 0 Å². The summed E-state index contributed by atoms with van der Waals surface area (Å²) in [6.45, 7) is 0. The quantitative estimate of drug-likeness (QED) is 0.173. The molecule has 8 aromatic carbocycles. The van der Waals surface area contributed by atoms with Crippen molar-refractivity contribution >= 4 is 17.1 Å². The number of anilines is 3. The SMILES string of the molecule is c1ccc(-c2ccc(N(c3ccc(-c4ccc5c(c4)-c4ccccc4C5)cc3)c3ccc(-c4ccc5c(c4)-c4ccccc4C5)cc3)cc2)cc1. The predicted octanol–water partition coefficient (Wildman–Crippen LogP) is 13.3. The number of hydrogen-bond donors (Lipinski definition) is 0. The lowest BCUT2D eigenvalue weighted by molar-refractivity contribution is 1.26. The maximum absolute atomic E-state index is 2.37. The van der Waals surface area contributed by atoms with Crippen molar-refractivity contribution in [3.05, 3.63) is 210 Å². The first kappa shape index (κ1) is 29.5. The van der Waals surface area contributed by atoms with Gasteiger partial charge in [-0.15, -0.1) is 0 Å². The van der Waals surface area contributed by atoms with E-state index < -0.39 is 0 Å². The number of hydrogen-bond acceptors (Lipinski definition) is 1. The van der Waals surface area contributed by atoms with Crippen LogP contribution in [0.3, 0.4) is 0 Å². The molecule has 0 bridgehead atoms. The van der Waals surface area contributed by atoms with E-state index >= 15 is 0 Å². The first-order valence-corrected chi connectivity index (χ1v) is 17.8. The molecule has 0 aromatic heterocycles. The molecule has 0 atom stereocenters. The average Bonchev–Trinajstić information content (AvgIpc) is 3.77. The zero-order valence-corrected chi connectivity index (χ0v) is 28.3. The van der Waals surface area contributed by atoms with Crippen LogP contribution < -0.4 is 4.90 Å². The highest BCUT2D eigenvalue weighted by molar-refractivity contribution is 5.85. The fourth-order valence-electron chi connectivity index (χ4n) is 8.09. The van der Waals surface area contributed by atoms with Crippen molar-refractivity contribution in [1.82, 2.24) is 0 Å². The molecule has 0 saturated carbocycles. The third-order valence-electron chi connectivity index (χ3n) is 10.7. The average molecular weight is 650 g/mol. The molecule has 0 saturated heterocycles. The minimum absolute atomic E-state index is 1.02. The molecule has 0 spiro atoms. The van der Waals surface area contributed by atoms with Crippen LogP contribution in [0, 0.1) is 0 Å². The van der Waals surface area contributed by atoms with Crippen LogP contribution in [0.5, 0.6) is 0 Å². The Hall–Kier alpha value is -6.44. The molecule has 0 radical (unpaired) electrons. The largest absolute Gasteiger partial charge is 0.311 e. The molecular formula is C50H35N.